The smallest absolute Gasteiger partial charge is 0.131 e. The molecule has 0 saturated carbocycles. The third-order valence-corrected chi connectivity index (χ3v) is 7.15. The summed E-state index contributed by atoms with van der Waals surface area (Å²) >= 11 is 0. The van der Waals surface area contributed by atoms with E-state index in [9.17, 15) is 0 Å². The van der Waals surface area contributed by atoms with Crippen molar-refractivity contribution in [3.8, 4) is 11.5 Å². The van der Waals surface area contributed by atoms with E-state index in [4.69, 9.17) is 9.47 Å². The highest BCUT2D eigenvalue weighted by Crippen LogP contribution is 2.43. The Kier molecular flexibility index (Phi) is 9.96. The predicted octanol–water partition coefficient (Wildman–Crippen LogP) is 8.69. The second-order valence-corrected chi connectivity index (χ2v) is 9.50. The van der Waals surface area contributed by atoms with Gasteiger partial charge in [0.25, 0.3) is 0 Å². The highest BCUT2D eigenvalue weighted by Gasteiger charge is 2.23. The second kappa shape index (κ2) is 12.9. The molecule has 2 heteroatoms. The summed E-state index contributed by atoms with van der Waals surface area (Å²) in [5.74, 6) is 3.45. The van der Waals surface area contributed by atoms with Crippen molar-refractivity contribution in [3.05, 3.63) is 47.5 Å². The summed E-state index contributed by atoms with van der Waals surface area (Å²) < 4.78 is 13.3. The molecule has 1 aliphatic rings. The van der Waals surface area contributed by atoms with Crippen LogP contribution in [-0.2, 0) is 12.8 Å². The van der Waals surface area contributed by atoms with Crippen LogP contribution in [0.3, 0.4) is 0 Å². The predicted molar refractivity (Wildman–Crippen MR) is 138 cm³/mol. The molecule has 0 aliphatic heterocycles. The van der Waals surface area contributed by atoms with Gasteiger partial charge < -0.3 is 9.47 Å². The fraction of sp³-hybridized carbons (Fsp3) is 0.600. The molecule has 0 radical (unpaired) electrons. The zero-order valence-corrected chi connectivity index (χ0v) is 20.9. The SMILES string of the molecule is CCCCC(CC)COc1c2c(c(OCC(CC)CCCC)c3ccccc13)CC=CC2. The maximum absolute atomic E-state index is 6.63. The van der Waals surface area contributed by atoms with E-state index in [0.29, 0.717) is 11.8 Å². The molecular weight excluding hydrogens is 392 g/mol. The number of hydrogen-bond acceptors (Lipinski definition) is 2. The van der Waals surface area contributed by atoms with Crippen LogP contribution in [0.25, 0.3) is 10.8 Å². The minimum absolute atomic E-state index is 0.628. The zero-order valence-electron chi connectivity index (χ0n) is 20.9. The van der Waals surface area contributed by atoms with E-state index < -0.39 is 0 Å². The molecule has 3 rings (SSSR count). The summed E-state index contributed by atoms with van der Waals surface area (Å²) in [6, 6.07) is 8.71. The lowest BCUT2D eigenvalue weighted by Crippen LogP contribution is -2.16. The highest BCUT2D eigenvalue weighted by molar-refractivity contribution is 5.96. The van der Waals surface area contributed by atoms with Crippen molar-refractivity contribution in [1.82, 2.24) is 0 Å². The first-order valence-corrected chi connectivity index (χ1v) is 13.2. The van der Waals surface area contributed by atoms with Gasteiger partial charge in [0, 0.05) is 21.9 Å². The van der Waals surface area contributed by atoms with E-state index in [0.717, 1.165) is 37.6 Å². The molecule has 2 unspecified atom stereocenters. The fourth-order valence-electron chi connectivity index (χ4n) is 4.84. The van der Waals surface area contributed by atoms with Gasteiger partial charge in [0.15, 0.2) is 0 Å². The summed E-state index contributed by atoms with van der Waals surface area (Å²) in [4.78, 5) is 0. The van der Waals surface area contributed by atoms with E-state index in [2.05, 4.69) is 64.1 Å². The van der Waals surface area contributed by atoms with Crippen LogP contribution in [0.15, 0.2) is 36.4 Å². The Hall–Kier alpha value is -1.96. The molecule has 0 saturated heterocycles. The van der Waals surface area contributed by atoms with Crippen molar-refractivity contribution in [1.29, 1.82) is 0 Å². The summed E-state index contributed by atoms with van der Waals surface area (Å²) in [7, 11) is 0. The summed E-state index contributed by atoms with van der Waals surface area (Å²) in [6.07, 6.45) is 16.4. The van der Waals surface area contributed by atoms with Crippen LogP contribution in [0, 0.1) is 11.8 Å². The molecule has 2 aromatic rings. The summed E-state index contributed by atoms with van der Waals surface area (Å²) in [6.45, 7) is 10.7. The van der Waals surface area contributed by atoms with Crippen LogP contribution in [0.2, 0.25) is 0 Å². The molecule has 0 heterocycles. The first kappa shape index (κ1) is 24.7. The maximum atomic E-state index is 6.63. The lowest BCUT2D eigenvalue weighted by Gasteiger charge is -2.26. The number of ether oxygens (including phenoxy) is 2. The van der Waals surface area contributed by atoms with Crippen LogP contribution in [0.5, 0.6) is 11.5 Å². The molecule has 2 nitrogen and oxygen atoms in total. The van der Waals surface area contributed by atoms with Crippen molar-refractivity contribution >= 4 is 10.8 Å². The number of fused-ring (bicyclic) bond motifs is 2. The third-order valence-electron chi connectivity index (χ3n) is 7.15. The van der Waals surface area contributed by atoms with E-state index in [1.807, 2.05) is 0 Å². The van der Waals surface area contributed by atoms with Crippen LogP contribution in [0.4, 0.5) is 0 Å². The van der Waals surface area contributed by atoms with Gasteiger partial charge in [0.2, 0.25) is 0 Å². The topological polar surface area (TPSA) is 18.5 Å². The molecule has 1 aliphatic carbocycles. The lowest BCUT2D eigenvalue weighted by molar-refractivity contribution is 0.228. The molecule has 0 spiro atoms. The van der Waals surface area contributed by atoms with Crippen molar-refractivity contribution in [2.24, 2.45) is 11.8 Å². The zero-order chi connectivity index (χ0) is 22.8. The first-order valence-electron chi connectivity index (χ1n) is 13.2. The quantitative estimate of drug-likeness (QED) is 0.276. The van der Waals surface area contributed by atoms with Gasteiger partial charge >= 0.3 is 0 Å². The number of hydrogen-bond donors (Lipinski definition) is 0. The van der Waals surface area contributed by atoms with Crippen molar-refractivity contribution in [2.75, 3.05) is 13.2 Å². The fourth-order valence-corrected chi connectivity index (χ4v) is 4.84. The number of rotatable bonds is 14. The van der Waals surface area contributed by atoms with Gasteiger partial charge in [-0.3, -0.25) is 0 Å². The Morgan fingerprint density at radius 1 is 0.688 bits per heavy atom. The van der Waals surface area contributed by atoms with E-state index >= 15 is 0 Å². The molecule has 176 valence electrons. The first-order chi connectivity index (χ1) is 15.7. The largest absolute Gasteiger partial charge is 0.492 e. The summed E-state index contributed by atoms with van der Waals surface area (Å²) in [5, 5.41) is 2.42. The summed E-state index contributed by atoms with van der Waals surface area (Å²) in [5.41, 5.74) is 2.68. The molecule has 2 atom stereocenters. The van der Waals surface area contributed by atoms with Crippen LogP contribution >= 0.6 is 0 Å². The molecule has 0 aromatic heterocycles. The molecule has 0 fully saturated rings. The van der Waals surface area contributed by atoms with Gasteiger partial charge in [-0.25, -0.2) is 0 Å². The maximum Gasteiger partial charge on any atom is 0.131 e. The van der Waals surface area contributed by atoms with Gasteiger partial charge in [-0.05, 0) is 37.5 Å². The van der Waals surface area contributed by atoms with Gasteiger partial charge in [0.05, 0.1) is 13.2 Å². The van der Waals surface area contributed by atoms with Crippen molar-refractivity contribution < 1.29 is 9.47 Å². The Bertz CT molecular complexity index is 796. The average Bonchev–Trinajstić information content (AvgIpc) is 2.84. The Morgan fingerprint density at radius 3 is 1.50 bits per heavy atom. The van der Waals surface area contributed by atoms with Gasteiger partial charge in [-0.2, -0.15) is 0 Å². The standard InChI is InChI=1S/C30H44O2/c1-5-9-15-23(7-3)21-31-29-25-17-11-13-19-27(25)30(28-20-14-12-18-26(28)29)32-22-24(8-4)16-10-6-2/h11-14,17,19,23-24H,5-10,15-16,18,20-22H2,1-4H3. The monoisotopic (exact) mass is 436 g/mol. The van der Waals surface area contributed by atoms with Crippen molar-refractivity contribution in [2.45, 2.75) is 91.9 Å². The van der Waals surface area contributed by atoms with E-state index in [1.54, 1.807) is 0 Å². The minimum atomic E-state index is 0.628. The van der Waals surface area contributed by atoms with E-state index in [1.165, 1.54) is 73.3 Å². The van der Waals surface area contributed by atoms with Crippen molar-refractivity contribution in [3.63, 3.8) is 0 Å². The van der Waals surface area contributed by atoms with Gasteiger partial charge in [-0.1, -0.05) is 103 Å². The second-order valence-electron chi connectivity index (χ2n) is 9.50. The Balaban J connectivity index is 1.92. The normalized spacial score (nSPS) is 14.9. The molecule has 2 aromatic carbocycles. The molecular formula is C30H44O2. The van der Waals surface area contributed by atoms with Gasteiger partial charge in [-0.15, -0.1) is 0 Å². The minimum Gasteiger partial charge on any atom is -0.492 e. The number of unbranched alkanes of at least 4 members (excludes halogenated alkanes) is 2. The Morgan fingerprint density at radius 2 is 1.12 bits per heavy atom. The Labute approximate surface area is 196 Å². The molecule has 0 bridgehead atoms. The number of allylic oxidation sites excluding steroid dienone is 2. The third kappa shape index (κ3) is 6.09. The van der Waals surface area contributed by atoms with Crippen LogP contribution in [0.1, 0.15) is 90.2 Å². The lowest BCUT2D eigenvalue weighted by atomic mass is 9.90. The average molecular weight is 437 g/mol. The van der Waals surface area contributed by atoms with Crippen LogP contribution in [-0.4, -0.2) is 13.2 Å². The van der Waals surface area contributed by atoms with E-state index in [-0.39, 0.29) is 0 Å². The van der Waals surface area contributed by atoms with Gasteiger partial charge in [0.1, 0.15) is 11.5 Å². The number of benzene rings is 2. The molecule has 0 amide bonds. The molecule has 32 heavy (non-hydrogen) atoms. The highest BCUT2D eigenvalue weighted by atomic mass is 16.5. The van der Waals surface area contributed by atoms with Crippen LogP contribution < -0.4 is 9.47 Å². The molecule has 0 N–H and O–H groups in total.